The zero-order valence-corrected chi connectivity index (χ0v) is 11.6. The Morgan fingerprint density at radius 3 is 2.67 bits per heavy atom. The monoisotopic (exact) mass is 256 g/mol. The molecule has 5 heteroatoms. The molecule has 0 bridgehead atoms. The zero-order chi connectivity index (χ0) is 13.7. The molecule has 0 aliphatic carbocycles. The van der Waals surface area contributed by atoms with E-state index in [-0.39, 0.29) is 12.5 Å². The summed E-state index contributed by atoms with van der Waals surface area (Å²) >= 11 is 0. The Labute approximate surface area is 109 Å². The highest BCUT2D eigenvalue weighted by Crippen LogP contribution is 2.22. The number of carbonyl (C=O) groups excluding carboxylic acids is 1. The van der Waals surface area contributed by atoms with Crippen molar-refractivity contribution in [3.05, 3.63) is 0 Å². The number of carbonyl (C=O) groups is 2. The first kappa shape index (κ1) is 14.8. The molecule has 0 saturated carbocycles. The Morgan fingerprint density at radius 2 is 2.11 bits per heavy atom. The van der Waals surface area contributed by atoms with Crippen LogP contribution in [-0.4, -0.2) is 53.6 Å². The van der Waals surface area contributed by atoms with Crippen molar-refractivity contribution in [2.24, 2.45) is 11.8 Å². The van der Waals surface area contributed by atoms with Gasteiger partial charge in [-0.1, -0.05) is 13.8 Å². The molecular formula is C13H24N2O3. The van der Waals surface area contributed by atoms with Crippen molar-refractivity contribution in [2.45, 2.75) is 33.1 Å². The first-order valence-electron chi connectivity index (χ1n) is 6.62. The second-order valence-corrected chi connectivity index (χ2v) is 5.59. The number of carboxylic acids is 1. The topological polar surface area (TPSA) is 60.9 Å². The summed E-state index contributed by atoms with van der Waals surface area (Å²) in [7, 11) is 1.83. The molecule has 0 aromatic carbocycles. The number of hydrogen-bond donors (Lipinski definition) is 1. The van der Waals surface area contributed by atoms with E-state index in [9.17, 15) is 9.59 Å². The first-order valence-corrected chi connectivity index (χ1v) is 6.62. The molecule has 1 aliphatic rings. The van der Waals surface area contributed by atoms with Gasteiger partial charge in [-0.2, -0.15) is 0 Å². The lowest BCUT2D eigenvalue weighted by atomic mass is 10.0. The van der Waals surface area contributed by atoms with Crippen molar-refractivity contribution in [1.82, 2.24) is 9.80 Å². The van der Waals surface area contributed by atoms with Crippen LogP contribution in [0.5, 0.6) is 0 Å². The highest BCUT2D eigenvalue weighted by atomic mass is 16.4. The number of aliphatic carboxylic acids is 1. The van der Waals surface area contributed by atoms with E-state index in [1.54, 1.807) is 4.90 Å². The Morgan fingerprint density at radius 1 is 1.44 bits per heavy atom. The average Bonchev–Trinajstić information content (AvgIpc) is 2.72. The van der Waals surface area contributed by atoms with Gasteiger partial charge in [0.25, 0.3) is 0 Å². The van der Waals surface area contributed by atoms with Crippen LogP contribution in [-0.2, 0) is 4.79 Å². The quantitative estimate of drug-likeness (QED) is 0.817. The summed E-state index contributed by atoms with van der Waals surface area (Å²) in [5, 5.41) is 8.65. The maximum absolute atomic E-state index is 12.1. The van der Waals surface area contributed by atoms with Gasteiger partial charge in [0.15, 0.2) is 0 Å². The summed E-state index contributed by atoms with van der Waals surface area (Å²) in [6.07, 6.45) is 1.80. The third-order valence-corrected chi connectivity index (χ3v) is 3.29. The van der Waals surface area contributed by atoms with E-state index in [1.165, 1.54) is 0 Å². The molecule has 1 heterocycles. The Hall–Kier alpha value is -1.26. The number of rotatable bonds is 5. The van der Waals surface area contributed by atoms with Crippen LogP contribution in [0.4, 0.5) is 4.79 Å². The van der Waals surface area contributed by atoms with Gasteiger partial charge < -0.3 is 14.9 Å². The van der Waals surface area contributed by atoms with Crippen LogP contribution in [0.25, 0.3) is 0 Å². The Bertz CT molecular complexity index is 305. The van der Waals surface area contributed by atoms with Gasteiger partial charge in [0.05, 0.1) is 0 Å². The molecule has 1 unspecified atom stereocenters. The lowest BCUT2D eigenvalue weighted by Crippen LogP contribution is -2.41. The minimum atomic E-state index is -0.753. The molecule has 0 aromatic rings. The number of likely N-dealkylation sites (tertiary alicyclic amines) is 1. The standard InChI is InChI=1S/C13H24N2O3/c1-10(2)8-14(3)13(18)15-7-6-11(9-15)4-5-12(16)17/h10-11H,4-9H2,1-3H3,(H,16,17). The molecule has 104 valence electrons. The Kier molecular flexibility index (Phi) is 5.44. The largest absolute Gasteiger partial charge is 0.481 e. The number of urea groups is 1. The molecule has 5 nitrogen and oxygen atoms in total. The zero-order valence-electron chi connectivity index (χ0n) is 11.6. The summed E-state index contributed by atoms with van der Waals surface area (Å²) < 4.78 is 0. The summed E-state index contributed by atoms with van der Waals surface area (Å²) in [5.74, 6) is 0.0542. The molecule has 2 amide bonds. The van der Waals surface area contributed by atoms with Crippen molar-refractivity contribution in [3.8, 4) is 0 Å². The first-order chi connectivity index (χ1) is 8.40. The number of hydrogen-bond acceptors (Lipinski definition) is 2. The van der Waals surface area contributed by atoms with Crippen LogP contribution in [0.2, 0.25) is 0 Å². The van der Waals surface area contributed by atoms with Gasteiger partial charge in [0, 0.05) is 33.1 Å². The third kappa shape index (κ3) is 4.55. The van der Waals surface area contributed by atoms with Gasteiger partial charge in [-0.15, -0.1) is 0 Å². The predicted molar refractivity (Wildman–Crippen MR) is 69.4 cm³/mol. The normalized spacial score (nSPS) is 19.3. The molecule has 0 aromatic heterocycles. The van der Waals surface area contributed by atoms with Gasteiger partial charge in [-0.25, -0.2) is 4.79 Å². The summed E-state index contributed by atoms with van der Waals surface area (Å²) in [5.41, 5.74) is 0. The smallest absolute Gasteiger partial charge is 0.319 e. The van der Waals surface area contributed by atoms with E-state index in [1.807, 2.05) is 11.9 Å². The number of nitrogens with zero attached hydrogens (tertiary/aromatic N) is 2. The molecule has 1 N–H and O–H groups in total. The number of amides is 2. The number of carboxylic acid groups (broad SMARTS) is 1. The highest BCUT2D eigenvalue weighted by Gasteiger charge is 2.28. The van der Waals surface area contributed by atoms with E-state index < -0.39 is 5.97 Å². The molecule has 0 spiro atoms. The van der Waals surface area contributed by atoms with Crippen LogP contribution >= 0.6 is 0 Å². The molecule has 18 heavy (non-hydrogen) atoms. The van der Waals surface area contributed by atoms with Crippen molar-refractivity contribution in [2.75, 3.05) is 26.7 Å². The second-order valence-electron chi connectivity index (χ2n) is 5.59. The van der Waals surface area contributed by atoms with Crippen molar-refractivity contribution in [1.29, 1.82) is 0 Å². The Balaban J connectivity index is 2.36. The van der Waals surface area contributed by atoms with E-state index in [0.717, 1.165) is 19.5 Å². The average molecular weight is 256 g/mol. The van der Waals surface area contributed by atoms with Crippen molar-refractivity contribution >= 4 is 12.0 Å². The third-order valence-electron chi connectivity index (χ3n) is 3.29. The van der Waals surface area contributed by atoms with Crippen molar-refractivity contribution < 1.29 is 14.7 Å². The van der Waals surface area contributed by atoms with Gasteiger partial charge in [0.1, 0.15) is 0 Å². The maximum Gasteiger partial charge on any atom is 0.319 e. The van der Waals surface area contributed by atoms with E-state index in [2.05, 4.69) is 13.8 Å². The minimum absolute atomic E-state index is 0.0709. The minimum Gasteiger partial charge on any atom is -0.481 e. The highest BCUT2D eigenvalue weighted by molar-refractivity contribution is 5.74. The second kappa shape index (κ2) is 6.61. The van der Waals surface area contributed by atoms with Crippen LogP contribution in [0.15, 0.2) is 0 Å². The lowest BCUT2D eigenvalue weighted by molar-refractivity contribution is -0.137. The summed E-state index contributed by atoms with van der Waals surface area (Å²) in [6, 6.07) is 0.0709. The van der Waals surface area contributed by atoms with Gasteiger partial charge in [-0.3, -0.25) is 4.79 Å². The molecular weight excluding hydrogens is 232 g/mol. The maximum atomic E-state index is 12.1. The summed E-state index contributed by atoms with van der Waals surface area (Å²) in [4.78, 5) is 26.2. The van der Waals surface area contributed by atoms with Gasteiger partial charge in [0.2, 0.25) is 0 Å². The fourth-order valence-corrected chi connectivity index (χ4v) is 2.44. The van der Waals surface area contributed by atoms with Gasteiger partial charge >= 0.3 is 12.0 Å². The van der Waals surface area contributed by atoms with E-state index in [0.29, 0.717) is 24.8 Å². The molecule has 1 atom stereocenters. The lowest BCUT2D eigenvalue weighted by Gasteiger charge is -2.26. The van der Waals surface area contributed by atoms with Crippen molar-refractivity contribution in [3.63, 3.8) is 0 Å². The molecule has 1 aliphatic heterocycles. The molecule has 0 radical (unpaired) electrons. The van der Waals surface area contributed by atoms with E-state index >= 15 is 0 Å². The van der Waals surface area contributed by atoms with Crippen LogP contribution in [0.1, 0.15) is 33.1 Å². The molecule has 1 fully saturated rings. The fourth-order valence-electron chi connectivity index (χ4n) is 2.44. The fraction of sp³-hybridized carbons (Fsp3) is 0.846. The van der Waals surface area contributed by atoms with Crippen LogP contribution in [0.3, 0.4) is 0 Å². The molecule has 1 saturated heterocycles. The molecule has 1 rings (SSSR count). The summed E-state index contributed by atoms with van der Waals surface area (Å²) in [6.45, 7) is 6.39. The van der Waals surface area contributed by atoms with Crippen LogP contribution in [0, 0.1) is 11.8 Å². The SMILES string of the molecule is CC(C)CN(C)C(=O)N1CCC(CCC(=O)O)C1. The van der Waals surface area contributed by atoms with Crippen LogP contribution < -0.4 is 0 Å². The van der Waals surface area contributed by atoms with Gasteiger partial charge in [-0.05, 0) is 24.7 Å². The predicted octanol–water partition coefficient (Wildman–Crippen LogP) is 1.88. The van der Waals surface area contributed by atoms with E-state index in [4.69, 9.17) is 5.11 Å².